The zero-order valence-electron chi connectivity index (χ0n) is 3.42. The molecule has 0 spiro atoms. The van der Waals surface area contributed by atoms with Gasteiger partial charge in [0.25, 0.3) is 0 Å². The maximum absolute atomic E-state index is 9.88. The van der Waals surface area contributed by atoms with Crippen LogP contribution < -0.4 is 0 Å². The van der Waals surface area contributed by atoms with E-state index < -0.39 is 10.4 Å². The molecular formula is CH3BrO4S. The van der Waals surface area contributed by atoms with Crippen LogP contribution in [-0.2, 0) is 17.9 Å². The summed E-state index contributed by atoms with van der Waals surface area (Å²) >= 11 is 2.22. The van der Waals surface area contributed by atoms with Crippen LogP contribution in [0, 0.1) is 0 Å². The molecule has 0 unspecified atom stereocenters. The first-order valence-electron chi connectivity index (χ1n) is 1.23. The lowest BCUT2D eigenvalue weighted by atomic mass is 11.8. The minimum Gasteiger partial charge on any atom is -0.251 e. The van der Waals surface area contributed by atoms with Crippen LogP contribution in [0.1, 0.15) is 0 Å². The van der Waals surface area contributed by atoms with Gasteiger partial charge in [0.15, 0.2) is 0 Å². The van der Waals surface area contributed by atoms with E-state index in [-0.39, 0.29) is 0 Å². The van der Waals surface area contributed by atoms with Crippen LogP contribution >= 0.6 is 16.3 Å². The number of rotatable bonds is 2. The molecule has 0 rings (SSSR count). The van der Waals surface area contributed by atoms with Crippen molar-refractivity contribution in [2.45, 2.75) is 0 Å². The fraction of sp³-hybridized carbons (Fsp3) is 1.00. The van der Waals surface area contributed by atoms with Gasteiger partial charge >= 0.3 is 10.4 Å². The summed E-state index contributed by atoms with van der Waals surface area (Å²) in [5.74, 6) is 0. The second kappa shape index (κ2) is 2.61. The summed E-state index contributed by atoms with van der Waals surface area (Å²) in [6, 6.07) is 0. The Kier molecular flexibility index (Phi) is 2.74. The van der Waals surface area contributed by atoms with Crippen LogP contribution in [0.25, 0.3) is 0 Å². The van der Waals surface area contributed by atoms with Gasteiger partial charge in [0.2, 0.25) is 0 Å². The Morgan fingerprint density at radius 2 is 2.00 bits per heavy atom. The van der Waals surface area contributed by atoms with Crippen molar-refractivity contribution in [2.75, 3.05) is 7.11 Å². The van der Waals surface area contributed by atoms with Gasteiger partial charge in [-0.1, -0.05) is 0 Å². The smallest absolute Gasteiger partial charge is 0.251 e. The molecule has 4 nitrogen and oxygen atoms in total. The first-order valence-corrected chi connectivity index (χ1v) is 3.21. The molecule has 0 N–H and O–H groups in total. The van der Waals surface area contributed by atoms with Crippen LogP contribution in [-0.4, -0.2) is 15.5 Å². The van der Waals surface area contributed by atoms with Gasteiger partial charge in [0, 0.05) is 0 Å². The summed E-state index contributed by atoms with van der Waals surface area (Å²) in [6.07, 6.45) is 0. The fourth-order valence-electron chi connectivity index (χ4n) is 0.0257. The Hall–Kier alpha value is 0.350. The topological polar surface area (TPSA) is 52.6 Å². The Morgan fingerprint density at radius 1 is 1.57 bits per heavy atom. The van der Waals surface area contributed by atoms with E-state index in [0.29, 0.717) is 0 Å². The summed E-state index contributed by atoms with van der Waals surface area (Å²) in [7, 11) is -2.74. The molecule has 0 fully saturated rings. The molecule has 6 heteroatoms. The zero-order chi connectivity index (χ0) is 5.91. The highest BCUT2D eigenvalue weighted by molar-refractivity contribution is 9.06. The van der Waals surface area contributed by atoms with Crippen LogP contribution in [0.4, 0.5) is 0 Å². The van der Waals surface area contributed by atoms with Crippen molar-refractivity contribution in [1.82, 2.24) is 0 Å². The van der Waals surface area contributed by atoms with Crippen molar-refractivity contribution in [3.8, 4) is 0 Å². The van der Waals surface area contributed by atoms with Crippen LogP contribution in [0.5, 0.6) is 0 Å². The summed E-state index contributed by atoms with van der Waals surface area (Å²) < 4.78 is 27.2. The first kappa shape index (κ1) is 7.35. The van der Waals surface area contributed by atoms with E-state index in [1.807, 2.05) is 0 Å². The Morgan fingerprint density at radius 3 is 2.00 bits per heavy atom. The maximum Gasteiger partial charge on any atom is 0.410 e. The highest BCUT2D eigenvalue weighted by Crippen LogP contribution is 1.96. The second-order valence-electron chi connectivity index (χ2n) is 0.638. The van der Waals surface area contributed by atoms with Crippen molar-refractivity contribution in [3.05, 3.63) is 0 Å². The monoisotopic (exact) mass is 190 g/mol. The molecule has 0 aromatic rings. The molecular weight excluding hydrogens is 188 g/mol. The molecule has 0 saturated heterocycles. The average molecular weight is 191 g/mol. The molecule has 0 saturated carbocycles. The predicted octanol–water partition coefficient (Wildman–Crippen LogP) is 0.204. The van der Waals surface area contributed by atoms with Crippen molar-refractivity contribution < 1.29 is 15.9 Å². The van der Waals surface area contributed by atoms with Crippen molar-refractivity contribution >= 4 is 26.7 Å². The second-order valence-corrected chi connectivity index (χ2v) is 2.71. The van der Waals surface area contributed by atoms with E-state index in [2.05, 4.69) is 23.7 Å². The quantitative estimate of drug-likeness (QED) is 0.625. The molecule has 0 aliphatic rings. The fourth-order valence-corrected chi connectivity index (χ4v) is 0.401. The molecule has 0 radical (unpaired) electrons. The lowest BCUT2D eigenvalue weighted by molar-refractivity contribution is 0.348. The van der Waals surface area contributed by atoms with Gasteiger partial charge in [0.1, 0.15) is 16.3 Å². The standard InChI is InChI=1S/CH3BrO4S/c1-5-7(3,4)6-2/h1H3. The van der Waals surface area contributed by atoms with E-state index in [4.69, 9.17) is 0 Å². The molecule has 0 aromatic carbocycles. The lowest BCUT2D eigenvalue weighted by Gasteiger charge is -1.88. The van der Waals surface area contributed by atoms with Gasteiger partial charge in [-0.05, 0) is 0 Å². The molecule has 0 aliphatic carbocycles. The zero-order valence-corrected chi connectivity index (χ0v) is 5.82. The van der Waals surface area contributed by atoms with E-state index in [9.17, 15) is 8.42 Å². The van der Waals surface area contributed by atoms with E-state index in [0.717, 1.165) is 7.11 Å². The van der Waals surface area contributed by atoms with E-state index in [1.54, 1.807) is 0 Å². The minimum absolute atomic E-state index is 0.997. The van der Waals surface area contributed by atoms with Gasteiger partial charge in [-0.3, -0.25) is 4.18 Å². The normalized spacial score (nSPS) is 11.7. The predicted molar refractivity (Wildman–Crippen MR) is 25.9 cm³/mol. The largest absolute Gasteiger partial charge is 0.410 e. The first-order chi connectivity index (χ1) is 3.12. The molecule has 0 bridgehead atoms. The van der Waals surface area contributed by atoms with Gasteiger partial charge in [-0.25, -0.2) is 0 Å². The number of hydrogen-bond acceptors (Lipinski definition) is 4. The van der Waals surface area contributed by atoms with Gasteiger partial charge in [-0.15, -0.1) is 0 Å². The van der Waals surface area contributed by atoms with Gasteiger partial charge in [0.05, 0.1) is 7.11 Å². The Bertz CT molecular complexity index is 115. The highest BCUT2D eigenvalue weighted by Gasteiger charge is 2.03. The van der Waals surface area contributed by atoms with Crippen molar-refractivity contribution in [2.24, 2.45) is 0 Å². The van der Waals surface area contributed by atoms with E-state index in [1.165, 1.54) is 0 Å². The molecule has 0 amide bonds. The molecule has 0 atom stereocenters. The average Bonchev–Trinajstić information content (AvgIpc) is 1.68. The number of hydrogen-bond donors (Lipinski definition) is 0. The van der Waals surface area contributed by atoms with Crippen LogP contribution in [0.3, 0.4) is 0 Å². The molecule has 44 valence electrons. The molecule has 0 aromatic heterocycles. The summed E-state index contributed by atoms with van der Waals surface area (Å²) in [6.45, 7) is 0. The maximum atomic E-state index is 9.88. The van der Waals surface area contributed by atoms with Crippen molar-refractivity contribution in [1.29, 1.82) is 0 Å². The lowest BCUT2D eigenvalue weighted by Crippen LogP contribution is -1.98. The molecule has 0 heterocycles. The third kappa shape index (κ3) is 2.98. The Balaban J connectivity index is 3.89. The van der Waals surface area contributed by atoms with Crippen LogP contribution in [0.15, 0.2) is 0 Å². The molecule has 0 aliphatic heterocycles. The third-order valence-electron chi connectivity index (χ3n) is 0.281. The third-order valence-corrected chi connectivity index (χ3v) is 1.82. The summed E-state index contributed by atoms with van der Waals surface area (Å²) in [5, 5.41) is 0. The number of halogens is 1. The SMILES string of the molecule is COS(=O)(=O)OBr. The Labute approximate surface area is 50.2 Å². The minimum atomic E-state index is -3.74. The van der Waals surface area contributed by atoms with Gasteiger partial charge in [-0.2, -0.15) is 11.7 Å². The van der Waals surface area contributed by atoms with Crippen LogP contribution in [0.2, 0.25) is 0 Å². The summed E-state index contributed by atoms with van der Waals surface area (Å²) in [4.78, 5) is 0. The van der Waals surface area contributed by atoms with E-state index >= 15 is 0 Å². The summed E-state index contributed by atoms with van der Waals surface area (Å²) in [5.41, 5.74) is 0. The van der Waals surface area contributed by atoms with Crippen molar-refractivity contribution in [3.63, 3.8) is 0 Å². The highest BCUT2D eigenvalue weighted by atomic mass is 79.9. The van der Waals surface area contributed by atoms with Gasteiger partial charge < -0.3 is 0 Å². The molecule has 7 heavy (non-hydrogen) atoms.